The lowest BCUT2D eigenvalue weighted by molar-refractivity contribution is -0.147. The zero-order chi connectivity index (χ0) is 13.1. The normalized spacial score (nSPS) is 19.6. The van der Waals surface area contributed by atoms with E-state index in [4.69, 9.17) is 9.84 Å². The van der Waals surface area contributed by atoms with Gasteiger partial charge >= 0.3 is 5.97 Å². The van der Waals surface area contributed by atoms with E-state index in [1.807, 2.05) is 13.0 Å². The second kappa shape index (κ2) is 5.18. The molecule has 1 fully saturated rings. The van der Waals surface area contributed by atoms with Crippen LogP contribution in [0.3, 0.4) is 0 Å². The van der Waals surface area contributed by atoms with Gasteiger partial charge in [-0.3, -0.25) is 4.79 Å². The summed E-state index contributed by atoms with van der Waals surface area (Å²) in [7, 11) is 0. The molecular formula is C13H15NO4. The summed E-state index contributed by atoms with van der Waals surface area (Å²) in [6.07, 6.45) is 0. The minimum absolute atomic E-state index is 0.0485. The molecule has 0 aliphatic carbocycles. The fourth-order valence-corrected chi connectivity index (χ4v) is 2.00. The van der Waals surface area contributed by atoms with Gasteiger partial charge < -0.3 is 14.7 Å². The molecule has 0 bridgehead atoms. The number of carbonyl (C=O) groups excluding carboxylic acids is 1. The maximum absolute atomic E-state index is 12.3. The summed E-state index contributed by atoms with van der Waals surface area (Å²) >= 11 is 0. The molecule has 0 saturated carbocycles. The highest BCUT2D eigenvalue weighted by atomic mass is 16.5. The van der Waals surface area contributed by atoms with E-state index < -0.39 is 12.0 Å². The molecule has 96 valence electrons. The highest BCUT2D eigenvalue weighted by molar-refractivity contribution is 5.96. The number of nitrogens with zero attached hydrogens (tertiary/aromatic N) is 1. The molecule has 1 N–H and O–H groups in total. The lowest BCUT2D eigenvalue weighted by Crippen LogP contribution is -2.52. The minimum Gasteiger partial charge on any atom is -0.480 e. The second-order valence-electron chi connectivity index (χ2n) is 4.30. The summed E-state index contributed by atoms with van der Waals surface area (Å²) in [5.41, 5.74) is 1.49. The van der Waals surface area contributed by atoms with Gasteiger partial charge in [-0.1, -0.05) is 17.7 Å². The fraction of sp³-hybridized carbons (Fsp3) is 0.385. The number of carbonyl (C=O) groups is 2. The number of carboxylic acid groups (broad SMARTS) is 1. The van der Waals surface area contributed by atoms with Crippen molar-refractivity contribution < 1.29 is 19.4 Å². The van der Waals surface area contributed by atoms with Crippen molar-refractivity contribution in [3.05, 3.63) is 35.4 Å². The molecular weight excluding hydrogens is 234 g/mol. The van der Waals surface area contributed by atoms with Gasteiger partial charge in [0, 0.05) is 12.1 Å². The first-order valence-electron chi connectivity index (χ1n) is 5.78. The zero-order valence-electron chi connectivity index (χ0n) is 10.1. The summed E-state index contributed by atoms with van der Waals surface area (Å²) in [5, 5.41) is 9.09. The van der Waals surface area contributed by atoms with Gasteiger partial charge in [-0.15, -0.1) is 0 Å². The Morgan fingerprint density at radius 2 is 2.22 bits per heavy atom. The van der Waals surface area contributed by atoms with Crippen LogP contribution in [-0.4, -0.2) is 47.7 Å². The third-order valence-electron chi connectivity index (χ3n) is 2.94. The van der Waals surface area contributed by atoms with Crippen LogP contribution in [0.4, 0.5) is 0 Å². The van der Waals surface area contributed by atoms with Crippen LogP contribution in [0.15, 0.2) is 24.3 Å². The van der Waals surface area contributed by atoms with Crippen molar-refractivity contribution in [1.29, 1.82) is 0 Å². The number of morpholine rings is 1. The topological polar surface area (TPSA) is 66.8 Å². The van der Waals surface area contributed by atoms with Crippen LogP contribution < -0.4 is 0 Å². The van der Waals surface area contributed by atoms with Crippen molar-refractivity contribution in [2.75, 3.05) is 19.8 Å². The number of hydrogen-bond acceptors (Lipinski definition) is 3. The van der Waals surface area contributed by atoms with E-state index in [0.29, 0.717) is 18.7 Å². The van der Waals surface area contributed by atoms with Crippen molar-refractivity contribution in [3.63, 3.8) is 0 Å². The molecule has 1 saturated heterocycles. The molecule has 0 spiro atoms. The molecule has 1 aliphatic rings. The van der Waals surface area contributed by atoms with Crippen molar-refractivity contribution >= 4 is 11.9 Å². The van der Waals surface area contributed by atoms with E-state index in [1.165, 1.54) is 4.90 Å². The molecule has 1 heterocycles. The molecule has 0 radical (unpaired) electrons. The molecule has 0 aromatic heterocycles. The smallest absolute Gasteiger partial charge is 0.328 e. The Morgan fingerprint density at radius 1 is 1.44 bits per heavy atom. The molecule has 1 amide bonds. The molecule has 5 heteroatoms. The van der Waals surface area contributed by atoms with Crippen LogP contribution in [0, 0.1) is 6.92 Å². The van der Waals surface area contributed by atoms with Crippen LogP contribution in [-0.2, 0) is 9.53 Å². The Labute approximate surface area is 105 Å². The molecule has 1 aliphatic heterocycles. The maximum Gasteiger partial charge on any atom is 0.328 e. The van der Waals surface area contributed by atoms with E-state index in [2.05, 4.69) is 0 Å². The van der Waals surface area contributed by atoms with Gasteiger partial charge in [-0.05, 0) is 19.1 Å². The van der Waals surface area contributed by atoms with E-state index in [1.54, 1.807) is 18.2 Å². The molecule has 2 rings (SSSR count). The van der Waals surface area contributed by atoms with E-state index in [9.17, 15) is 9.59 Å². The monoisotopic (exact) mass is 249 g/mol. The van der Waals surface area contributed by atoms with Gasteiger partial charge in [-0.2, -0.15) is 0 Å². The van der Waals surface area contributed by atoms with Crippen LogP contribution in [0.25, 0.3) is 0 Å². The van der Waals surface area contributed by atoms with Gasteiger partial charge in [0.25, 0.3) is 5.91 Å². The SMILES string of the molecule is Cc1cccc(C(=O)N2CCOC[C@@H]2C(=O)O)c1. The second-order valence-corrected chi connectivity index (χ2v) is 4.30. The highest BCUT2D eigenvalue weighted by Crippen LogP contribution is 2.14. The van der Waals surface area contributed by atoms with E-state index in [0.717, 1.165) is 5.56 Å². The van der Waals surface area contributed by atoms with Crippen LogP contribution in [0.5, 0.6) is 0 Å². The van der Waals surface area contributed by atoms with Crippen molar-refractivity contribution in [2.24, 2.45) is 0 Å². The van der Waals surface area contributed by atoms with E-state index >= 15 is 0 Å². The zero-order valence-corrected chi connectivity index (χ0v) is 10.1. The molecule has 1 atom stereocenters. The Balaban J connectivity index is 2.23. The number of rotatable bonds is 2. The third-order valence-corrected chi connectivity index (χ3v) is 2.94. The molecule has 1 aromatic carbocycles. The number of aryl methyl sites for hydroxylation is 1. The van der Waals surface area contributed by atoms with Crippen molar-refractivity contribution in [2.45, 2.75) is 13.0 Å². The first-order valence-corrected chi connectivity index (χ1v) is 5.78. The predicted molar refractivity (Wildman–Crippen MR) is 64.5 cm³/mol. The first kappa shape index (κ1) is 12.6. The summed E-state index contributed by atoms with van der Waals surface area (Å²) in [6, 6.07) is 6.25. The minimum atomic E-state index is -1.03. The van der Waals surface area contributed by atoms with Crippen LogP contribution >= 0.6 is 0 Å². The third kappa shape index (κ3) is 2.51. The Bertz CT molecular complexity index is 472. The van der Waals surface area contributed by atoms with Gasteiger partial charge in [0.1, 0.15) is 0 Å². The Morgan fingerprint density at radius 3 is 2.89 bits per heavy atom. The average Bonchev–Trinajstić information content (AvgIpc) is 2.38. The summed E-state index contributed by atoms with van der Waals surface area (Å²) in [4.78, 5) is 24.7. The average molecular weight is 249 g/mol. The van der Waals surface area contributed by atoms with Gasteiger partial charge in [0.2, 0.25) is 0 Å². The number of aliphatic carboxylic acids is 1. The van der Waals surface area contributed by atoms with Gasteiger partial charge in [-0.25, -0.2) is 4.79 Å². The summed E-state index contributed by atoms with van der Waals surface area (Å²) in [6.45, 7) is 2.63. The number of benzene rings is 1. The molecule has 0 unspecified atom stereocenters. The molecule has 5 nitrogen and oxygen atoms in total. The van der Waals surface area contributed by atoms with Crippen molar-refractivity contribution in [3.8, 4) is 0 Å². The Hall–Kier alpha value is -1.88. The predicted octanol–water partition coefficient (Wildman–Crippen LogP) is 0.921. The van der Waals surface area contributed by atoms with Crippen LogP contribution in [0.2, 0.25) is 0 Å². The maximum atomic E-state index is 12.3. The molecule has 1 aromatic rings. The quantitative estimate of drug-likeness (QED) is 0.846. The lowest BCUT2D eigenvalue weighted by Gasteiger charge is -2.32. The summed E-state index contributed by atoms with van der Waals surface area (Å²) < 4.78 is 5.11. The van der Waals surface area contributed by atoms with Crippen LogP contribution in [0.1, 0.15) is 15.9 Å². The Kier molecular flexibility index (Phi) is 3.62. The molecule has 18 heavy (non-hydrogen) atoms. The number of amides is 1. The van der Waals surface area contributed by atoms with Crippen molar-refractivity contribution in [1.82, 2.24) is 4.90 Å². The fourth-order valence-electron chi connectivity index (χ4n) is 2.00. The number of hydrogen-bond donors (Lipinski definition) is 1. The van der Waals surface area contributed by atoms with Gasteiger partial charge in [0.05, 0.1) is 13.2 Å². The number of ether oxygens (including phenoxy) is 1. The lowest BCUT2D eigenvalue weighted by atomic mass is 10.1. The summed E-state index contributed by atoms with van der Waals surface area (Å²) in [5.74, 6) is -1.29. The standard InChI is InChI=1S/C13H15NO4/c1-9-3-2-4-10(7-9)12(15)14-5-6-18-8-11(14)13(16)17/h2-4,7,11H,5-6,8H2,1H3,(H,16,17)/t11-/m1/s1. The number of carboxylic acids is 1. The highest BCUT2D eigenvalue weighted by Gasteiger charge is 2.33. The van der Waals surface area contributed by atoms with Gasteiger partial charge in [0.15, 0.2) is 6.04 Å². The largest absolute Gasteiger partial charge is 0.480 e. The van der Waals surface area contributed by atoms with E-state index in [-0.39, 0.29) is 12.5 Å². The first-order chi connectivity index (χ1) is 8.59.